The Morgan fingerprint density at radius 1 is 0.806 bits per heavy atom. The Kier molecular flexibility index (Phi) is 6.18. The van der Waals surface area contributed by atoms with Crippen LogP contribution in [0.4, 0.5) is 0 Å². The first-order valence-corrected chi connectivity index (χ1v) is 10.7. The molecule has 31 heavy (non-hydrogen) atoms. The van der Waals surface area contributed by atoms with Gasteiger partial charge in [0.15, 0.2) is 5.78 Å². The van der Waals surface area contributed by atoms with E-state index >= 15 is 0 Å². The highest BCUT2D eigenvalue weighted by atomic mass is 16.6. The summed E-state index contributed by atoms with van der Waals surface area (Å²) in [4.78, 5) is 13.0. The number of hydrogen-bond donors (Lipinski definition) is 0. The third-order valence-corrected chi connectivity index (χ3v) is 5.37. The summed E-state index contributed by atoms with van der Waals surface area (Å²) in [6.45, 7) is 3.52. The van der Waals surface area contributed by atoms with Crippen molar-refractivity contribution in [1.82, 2.24) is 0 Å². The number of epoxide rings is 2. The van der Waals surface area contributed by atoms with Crippen molar-refractivity contribution in [2.24, 2.45) is 0 Å². The highest BCUT2D eigenvalue weighted by Gasteiger charge is 2.24. The normalized spacial score (nSPS) is 25.5. The maximum Gasteiger partial charge on any atom is 0.185 e. The predicted octanol–water partition coefficient (Wildman–Crippen LogP) is 3.92. The zero-order valence-electron chi connectivity index (χ0n) is 17.3. The summed E-state index contributed by atoms with van der Waals surface area (Å²) in [5.41, 5.74) is 1.51. The molecule has 0 spiro atoms. The Labute approximate surface area is 180 Å². The average molecular weight is 426 g/mol. The van der Waals surface area contributed by atoms with Crippen LogP contribution in [0, 0.1) is 0 Å². The van der Waals surface area contributed by atoms with Gasteiger partial charge in [0.2, 0.25) is 0 Å². The van der Waals surface area contributed by atoms with Crippen LogP contribution in [-0.2, 0) is 37.0 Å². The highest BCUT2D eigenvalue weighted by Crippen LogP contribution is 2.29. The van der Waals surface area contributed by atoms with Gasteiger partial charge >= 0.3 is 0 Å². The van der Waals surface area contributed by atoms with E-state index in [0.717, 1.165) is 55.1 Å². The molecule has 0 bridgehead atoms. The summed E-state index contributed by atoms with van der Waals surface area (Å²) in [6, 6.07) is 7.50. The first kappa shape index (κ1) is 20.5. The number of ether oxygens (including phenoxy) is 4. The van der Waals surface area contributed by atoms with Crippen LogP contribution in [0.1, 0.15) is 42.3 Å². The number of furan rings is 2. The summed E-state index contributed by atoms with van der Waals surface area (Å²) in [6.07, 6.45) is 6.53. The van der Waals surface area contributed by atoms with Crippen LogP contribution in [0.5, 0.6) is 0 Å². The van der Waals surface area contributed by atoms with Crippen molar-refractivity contribution in [2.45, 2.75) is 44.7 Å². The lowest BCUT2D eigenvalue weighted by Crippen LogP contribution is -2.12. The van der Waals surface area contributed by atoms with Crippen molar-refractivity contribution in [2.75, 3.05) is 26.4 Å². The minimum Gasteiger partial charge on any atom is -0.459 e. The number of carbonyl (C=O) groups excluding carboxylic acids is 1. The Morgan fingerprint density at radius 3 is 1.74 bits per heavy atom. The van der Waals surface area contributed by atoms with E-state index in [1.54, 1.807) is 0 Å². The Bertz CT molecular complexity index is 895. The molecule has 2 aromatic heterocycles. The molecule has 0 N–H and O–H groups in total. The van der Waals surface area contributed by atoms with Gasteiger partial charge in [-0.3, -0.25) is 4.79 Å². The molecular weight excluding hydrogens is 400 g/mol. The Balaban J connectivity index is 1.19. The summed E-state index contributed by atoms with van der Waals surface area (Å²) in [5.74, 6) is 2.87. The molecule has 2 unspecified atom stereocenters. The monoisotopic (exact) mass is 426 g/mol. The highest BCUT2D eigenvalue weighted by molar-refractivity contribution is 6.13. The SMILES string of the molecule is O=C1C(=Cc2ccc(COCC3CO3)o2)CCCC1=Cc1ccc(COCC2CO2)o1. The predicted molar refractivity (Wildman–Crippen MR) is 111 cm³/mol. The first-order chi connectivity index (χ1) is 15.2. The second-order valence-corrected chi connectivity index (χ2v) is 8.07. The van der Waals surface area contributed by atoms with E-state index < -0.39 is 0 Å². The van der Waals surface area contributed by atoms with Gasteiger partial charge in [-0.05, 0) is 55.7 Å². The lowest BCUT2D eigenvalue weighted by molar-refractivity contribution is -0.112. The zero-order chi connectivity index (χ0) is 21.0. The molecule has 3 aliphatic rings. The van der Waals surface area contributed by atoms with Crippen molar-refractivity contribution in [1.29, 1.82) is 0 Å². The molecule has 2 saturated heterocycles. The summed E-state index contributed by atoms with van der Waals surface area (Å²) in [7, 11) is 0. The number of Topliss-reactive ketones (excluding diaryl/α,β-unsaturated/α-hetero) is 1. The molecule has 1 aliphatic carbocycles. The van der Waals surface area contributed by atoms with E-state index in [2.05, 4.69) is 0 Å². The molecule has 0 amide bonds. The second-order valence-electron chi connectivity index (χ2n) is 8.07. The van der Waals surface area contributed by atoms with Crippen molar-refractivity contribution in [3.8, 4) is 0 Å². The fourth-order valence-electron chi connectivity index (χ4n) is 3.53. The molecule has 164 valence electrons. The van der Waals surface area contributed by atoms with Gasteiger partial charge in [0.05, 0.1) is 26.4 Å². The second kappa shape index (κ2) is 9.36. The molecular formula is C24H26O7. The molecule has 7 heteroatoms. The average Bonchev–Trinajstić information content (AvgIpc) is 3.67. The third-order valence-electron chi connectivity index (χ3n) is 5.37. The molecule has 5 rings (SSSR count). The molecule has 7 nitrogen and oxygen atoms in total. The van der Waals surface area contributed by atoms with Crippen molar-refractivity contribution in [3.63, 3.8) is 0 Å². The molecule has 2 aromatic rings. The third kappa shape index (κ3) is 5.83. The maximum absolute atomic E-state index is 13.0. The van der Waals surface area contributed by atoms with E-state index in [0.29, 0.717) is 37.9 Å². The minimum absolute atomic E-state index is 0.0476. The zero-order valence-corrected chi connectivity index (χ0v) is 17.3. The molecule has 1 saturated carbocycles. The van der Waals surface area contributed by atoms with Gasteiger partial charge < -0.3 is 27.8 Å². The van der Waals surface area contributed by atoms with E-state index in [-0.39, 0.29) is 18.0 Å². The number of allylic oxidation sites excluding steroid dienone is 2. The molecule has 2 atom stereocenters. The van der Waals surface area contributed by atoms with E-state index in [1.807, 2.05) is 36.4 Å². The van der Waals surface area contributed by atoms with Crippen LogP contribution < -0.4 is 0 Å². The first-order valence-electron chi connectivity index (χ1n) is 10.7. The van der Waals surface area contributed by atoms with Gasteiger partial charge in [0.1, 0.15) is 48.5 Å². The largest absolute Gasteiger partial charge is 0.459 e. The molecule has 0 aromatic carbocycles. The van der Waals surface area contributed by atoms with Crippen LogP contribution in [0.15, 0.2) is 44.2 Å². The number of rotatable bonds is 10. The lowest BCUT2D eigenvalue weighted by Gasteiger charge is -2.15. The molecule has 3 fully saturated rings. The van der Waals surface area contributed by atoms with Gasteiger partial charge in [-0.2, -0.15) is 0 Å². The smallest absolute Gasteiger partial charge is 0.185 e. The van der Waals surface area contributed by atoms with E-state index in [9.17, 15) is 4.79 Å². The lowest BCUT2D eigenvalue weighted by atomic mass is 9.88. The topological polar surface area (TPSA) is 86.9 Å². The fourth-order valence-corrected chi connectivity index (χ4v) is 3.53. The van der Waals surface area contributed by atoms with Gasteiger partial charge in [0.25, 0.3) is 0 Å². The number of ketones is 1. The van der Waals surface area contributed by atoms with Gasteiger partial charge in [0, 0.05) is 11.1 Å². The van der Waals surface area contributed by atoms with Crippen molar-refractivity contribution in [3.05, 3.63) is 58.5 Å². The van der Waals surface area contributed by atoms with Crippen molar-refractivity contribution < 1.29 is 32.6 Å². The van der Waals surface area contributed by atoms with E-state index in [4.69, 9.17) is 27.8 Å². The quantitative estimate of drug-likeness (QED) is 0.420. The maximum atomic E-state index is 13.0. The Hall–Kier alpha value is -2.45. The van der Waals surface area contributed by atoms with Crippen molar-refractivity contribution >= 4 is 17.9 Å². The van der Waals surface area contributed by atoms with Gasteiger partial charge in [-0.15, -0.1) is 0 Å². The summed E-state index contributed by atoms with van der Waals surface area (Å²) >= 11 is 0. The summed E-state index contributed by atoms with van der Waals surface area (Å²) < 4.78 is 32.9. The summed E-state index contributed by atoms with van der Waals surface area (Å²) in [5, 5.41) is 0. The Morgan fingerprint density at radius 2 is 1.29 bits per heavy atom. The van der Waals surface area contributed by atoms with Gasteiger partial charge in [-0.25, -0.2) is 0 Å². The van der Waals surface area contributed by atoms with Crippen LogP contribution in [-0.4, -0.2) is 44.4 Å². The van der Waals surface area contributed by atoms with Crippen LogP contribution in [0.2, 0.25) is 0 Å². The molecule has 0 radical (unpaired) electrons. The molecule has 2 aliphatic heterocycles. The van der Waals surface area contributed by atoms with Gasteiger partial charge in [-0.1, -0.05) is 0 Å². The standard InChI is InChI=1S/C24H26O7/c25-24-16(8-18-4-6-20(30-18)10-26-12-22-14-28-22)2-1-3-17(24)9-19-5-7-21(31-19)11-27-13-23-15-29-23/h4-9,22-23H,1-3,10-15H2. The molecule has 4 heterocycles. The number of carbonyl (C=O) groups is 1. The van der Waals surface area contributed by atoms with E-state index in [1.165, 1.54) is 0 Å². The minimum atomic E-state index is 0.0476. The van der Waals surface area contributed by atoms with Crippen LogP contribution in [0.25, 0.3) is 12.2 Å². The van der Waals surface area contributed by atoms with Crippen LogP contribution in [0.3, 0.4) is 0 Å². The fraction of sp³-hybridized carbons (Fsp3) is 0.458. The number of hydrogen-bond acceptors (Lipinski definition) is 7. The van der Waals surface area contributed by atoms with Crippen LogP contribution >= 0.6 is 0 Å².